The van der Waals surface area contributed by atoms with Crippen molar-refractivity contribution in [3.05, 3.63) is 11.8 Å². The molecule has 0 heterocycles. The second-order valence-corrected chi connectivity index (χ2v) is 0.915. The van der Waals surface area contributed by atoms with E-state index >= 15 is 0 Å². The maximum absolute atomic E-state index is 8.19. The number of hydrogen-bond acceptors (Lipinski definition) is 2. The molecule has 34 valence electrons. The van der Waals surface area contributed by atoms with E-state index in [1.54, 1.807) is 6.07 Å². The van der Waals surface area contributed by atoms with Crippen LogP contribution in [0.1, 0.15) is 8.35 Å². The van der Waals surface area contributed by atoms with Crippen LogP contribution in [0.3, 0.4) is 0 Å². The van der Waals surface area contributed by atoms with Crippen molar-refractivity contribution in [1.82, 2.24) is 0 Å². The molecule has 0 aromatic rings. The van der Waals surface area contributed by atoms with Gasteiger partial charge in [0.15, 0.2) is 0 Å². The van der Waals surface area contributed by atoms with Gasteiger partial charge in [-0.25, -0.2) is 0 Å². The number of hydrogen-bond donors (Lipinski definition) is 1. The van der Waals surface area contributed by atoms with Gasteiger partial charge in [-0.05, 0) is 6.92 Å². The summed E-state index contributed by atoms with van der Waals surface area (Å²) >= 11 is 0. The average Bonchev–Trinajstić information content (AvgIpc) is 1.35. The Balaban J connectivity index is -0.000000125. The number of nitriles is 1. The Morgan fingerprint density at radius 3 is 2.43 bits per heavy atom. The molecule has 0 aliphatic heterocycles. The third-order valence-electron chi connectivity index (χ3n) is 0.273. The van der Waals surface area contributed by atoms with Gasteiger partial charge in [0.05, 0.1) is 17.9 Å². The van der Waals surface area contributed by atoms with Crippen molar-refractivity contribution in [2.24, 2.45) is 0 Å². The van der Waals surface area contributed by atoms with Gasteiger partial charge in [-0.1, -0.05) is 0 Å². The van der Waals surface area contributed by atoms with E-state index in [9.17, 15) is 0 Å². The average molecular weight is 107 g/mol. The van der Waals surface area contributed by atoms with Crippen LogP contribution in [-0.2, 0) is 0 Å². The zero-order valence-electron chi connectivity index (χ0n) is 5.47. The molecule has 0 spiro atoms. The summed E-state index contributed by atoms with van der Waals surface area (Å²) in [6, 6.07) is 1.66. The zero-order valence-corrected chi connectivity index (χ0v) is 6.47. The predicted molar refractivity (Wildman–Crippen MR) is 23.1 cm³/mol. The minimum Gasteiger partial charge on any atom is -1.00 e. The molecule has 0 saturated carbocycles. The molecule has 0 atom stereocenters. The van der Waals surface area contributed by atoms with Gasteiger partial charge in [-0.15, -0.1) is 0 Å². The van der Waals surface area contributed by atoms with Crippen molar-refractivity contribution >= 4 is 0 Å². The quantitative estimate of drug-likeness (QED) is 0.223. The fourth-order valence-electron chi connectivity index (χ4n) is 0.0934. The van der Waals surface area contributed by atoms with Crippen LogP contribution in [0.4, 0.5) is 0 Å². The van der Waals surface area contributed by atoms with Crippen LogP contribution in [0.5, 0.6) is 0 Å². The van der Waals surface area contributed by atoms with Crippen molar-refractivity contribution in [3.8, 4) is 6.07 Å². The van der Waals surface area contributed by atoms with Gasteiger partial charge in [0.2, 0.25) is 0 Å². The number of aliphatic hydroxyl groups excluding tert-OH is 1. The van der Waals surface area contributed by atoms with Crippen LogP contribution in [0, 0.1) is 11.3 Å². The fourth-order valence-corrected chi connectivity index (χ4v) is 0.0934. The van der Waals surface area contributed by atoms with E-state index in [1.165, 1.54) is 6.92 Å². The summed E-state index contributed by atoms with van der Waals surface area (Å²) in [5.74, 6) is 0.0532. The van der Waals surface area contributed by atoms with E-state index in [0.29, 0.717) is 0 Å². The van der Waals surface area contributed by atoms with Crippen molar-refractivity contribution in [1.29, 1.82) is 5.26 Å². The van der Waals surface area contributed by atoms with Crippen LogP contribution in [0.15, 0.2) is 11.8 Å². The maximum Gasteiger partial charge on any atom is 1.00 e. The molecule has 3 heteroatoms. The van der Waals surface area contributed by atoms with Gasteiger partial charge in [0.25, 0.3) is 0 Å². The zero-order chi connectivity index (χ0) is 4.99. The first-order chi connectivity index (χ1) is 2.77. The molecule has 0 fully saturated rings. The van der Waals surface area contributed by atoms with Crippen molar-refractivity contribution < 1.29 is 36.1 Å². The Morgan fingerprint density at radius 2 is 2.43 bits per heavy atom. The van der Waals surface area contributed by atoms with E-state index in [-0.39, 0.29) is 36.7 Å². The van der Waals surface area contributed by atoms with E-state index in [2.05, 4.69) is 0 Å². The molecule has 1 N–H and O–H groups in total. The van der Waals surface area contributed by atoms with Gasteiger partial charge in [-0.3, -0.25) is 0 Å². The number of nitrogens with zero attached hydrogens (tertiary/aromatic N) is 1. The first-order valence-electron chi connectivity index (χ1n) is 1.52. The van der Waals surface area contributed by atoms with Crippen LogP contribution >= 0.6 is 0 Å². The SMILES string of the molecule is C/C(O)=C\C#N.[H-].[Na+]. The van der Waals surface area contributed by atoms with Crippen LogP contribution in [0.2, 0.25) is 0 Å². The van der Waals surface area contributed by atoms with Crippen molar-refractivity contribution in [2.45, 2.75) is 6.92 Å². The maximum atomic E-state index is 8.19. The van der Waals surface area contributed by atoms with E-state index in [4.69, 9.17) is 10.4 Å². The summed E-state index contributed by atoms with van der Waals surface area (Å²) in [6.45, 7) is 1.45. The molecule has 0 aromatic carbocycles. The Hall–Kier alpha value is 0.0300. The van der Waals surface area contributed by atoms with Gasteiger partial charge in [0.1, 0.15) is 0 Å². The van der Waals surface area contributed by atoms with Gasteiger partial charge in [0, 0.05) is 0 Å². The first kappa shape index (κ1) is 10.1. The molecule has 0 saturated heterocycles. The largest absolute Gasteiger partial charge is 1.00 e. The van der Waals surface area contributed by atoms with E-state index < -0.39 is 0 Å². The molecule has 0 rings (SSSR count). The van der Waals surface area contributed by atoms with Crippen LogP contribution < -0.4 is 29.6 Å². The van der Waals surface area contributed by atoms with Crippen LogP contribution in [0.25, 0.3) is 0 Å². The summed E-state index contributed by atoms with van der Waals surface area (Å²) in [7, 11) is 0. The van der Waals surface area contributed by atoms with Crippen LogP contribution in [-0.4, -0.2) is 5.11 Å². The Bertz CT molecular complexity index is 103. The van der Waals surface area contributed by atoms with Crippen molar-refractivity contribution in [3.63, 3.8) is 0 Å². The van der Waals surface area contributed by atoms with Gasteiger partial charge in [-0.2, -0.15) is 5.26 Å². The summed E-state index contributed by atoms with van der Waals surface area (Å²) in [4.78, 5) is 0. The molecular weight excluding hydrogens is 101 g/mol. The number of allylic oxidation sites excluding steroid dienone is 2. The van der Waals surface area contributed by atoms with Gasteiger partial charge < -0.3 is 6.53 Å². The molecule has 0 aromatic heterocycles. The summed E-state index contributed by atoms with van der Waals surface area (Å²) in [6.07, 6.45) is 1.07. The Kier molecular flexibility index (Phi) is 8.70. The first-order valence-corrected chi connectivity index (χ1v) is 1.52. The molecule has 2 nitrogen and oxygen atoms in total. The molecule has 0 radical (unpaired) electrons. The Labute approximate surface area is 66.2 Å². The topological polar surface area (TPSA) is 44.0 Å². The Morgan fingerprint density at radius 1 is 2.00 bits per heavy atom. The smallest absolute Gasteiger partial charge is 1.00 e. The molecule has 0 aliphatic carbocycles. The minimum atomic E-state index is 0. The standard InChI is InChI=1S/C4H5NO.Na.H/c1-4(6)2-3-5;;/h2,6H,1H3;;/q;+1;-1/b4-2+;;. The second kappa shape index (κ2) is 6.03. The third kappa shape index (κ3) is 10.7. The van der Waals surface area contributed by atoms with Crippen molar-refractivity contribution in [2.75, 3.05) is 0 Å². The molecule has 0 unspecified atom stereocenters. The molecule has 0 amide bonds. The van der Waals surface area contributed by atoms with Gasteiger partial charge >= 0.3 is 29.6 Å². The molecule has 0 aliphatic rings. The molecule has 0 bridgehead atoms. The summed E-state index contributed by atoms with van der Waals surface area (Å²) < 4.78 is 0. The summed E-state index contributed by atoms with van der Waals surface area (Å²) in [5, 5.41) is 15.9. The van der Waals surface area contributed by atoms with E-state index in [0.717, 1.165) is 6.08 Å². The minimum absolute atomic E-state index is 0. The normalized spacial score (nSPS) is 8.86. The monoisotopic (exact) mass is 107 g/mol. The molecular formula is C4H6NNaO. The molecule has 7 heavy (non-hydrogen) atoms. The fraction of sp³-hybridized carbons (Fsp3) is 0.250. The number of aliphatic hydroxyl groups is 1. The summed E-state index contributed by atoms with van der Waals surface area (Å²) in [5.41, 5.74) is 0. The number of rotatable bonds is 0. The third-order valence-corrected chi connectivity index (χ3v) is 0.273. The van der Waals surface area contributed by atoms with E-state index in [1.807, 2.05) is 0 Å². The predicted octanol–water partition coefficient (Wildman–Crippen LogP) is -1.91. The second-order valence-electron chi connectivity index (χ2n) is 0.915.